The van der Waals surface area contributed by atoms with Crippen molar-refractivity contribution in [2.75, 3.05) is 27.4 Å². The van der Waals surface area contributed by atoms with E-state index in [0.29, 0.717) is 19.8 Å². The third kappa shape index (κ3) is 2.97. The van der Waals surface area contributed by atoms with Gasteiger partial charge in [0.1, 0.15) is 11.6 Å². The number of rotatable bonds is 7. The molecule has 17 heavy (non-hydrogen) atoms. The van der Waals surface area contributed by atoms with Crippen LogP contribution in [0.4, 0.5) is 0 Å². The molecule has 0 saturated carbocycles. The number of hydrogen-bond donors (Lipinski definition) is 1. The van der Waals surface area contributed by atoms with Crippen LogP contribution < -0.4 is 5.32 Å². The summed E-state index contributed by atoms with van der Waals surface area (Å²) in [4.78, 5) is 0.792. The molecule has 2 rings (SSSR count). The average Bonchev–Trinajstić information content (AvgIpc) is 2.87. The molecular formula is C9H15N5O2S. The second kappa shape index (κ2) is 6.01. The highest BCUT2D eigenvalue weighted by molar-refractivity contribution is 7.16. The molecule has 94 valence electrons. The fourth-order valence-electron chi connectivity index (χ4n) is 1.36. The van der Waals surface area contributed by atoms with Gasteiger partial charge < -0.3 is 14.8 Å². The van der Waals surface area contributed by atoms with Crippen molar-refractivity contribution in [1.29, 1.82) is 0 Å². The molecule has 0 unspecified atom stereocenters. The van der Waals surface area contributed by atoms with Gasteiger partial charge >= 0.3 is 0 Å². The van der Waals surface area contributed by atoms with Crippen LogP contribution in [0.25, 0.3) is 4.96 Å². The van der Waals surface area contributed by atoms with Crippen molar-refractivity contribution in [2.45, 2.75) is 13.2 Å². The summed E-state index contributed by atoms with van der Waals surface area (Å²) in [6.07, 6.45) is 0. The molecule has 0 amide bonds. The van der Waals surface area contributed by atoms with Crippen LogP contribution in [0.1, 0.15) is 10.8 Å². The predicted molar refractivity (Wildman–Crippen MR) is 63.0 cm³/mol. The van der Waals surface area contributed by atoms with Crippen LogP contribution in [-0.4, -0.2) is 47.2 Å². The van der Waals surface area contributed by atoms with Gasteiger partial charge in [0.05, 0.1) is 6.61 Å². The molecule has 8 heteroatoms. The molecule has 2 heterocycles. The summed E-state index contributed by atoms with van der Waals surface area (Å²) >= 11 is 1.52. The van der Waals surface area contributed by atoms with E-state index in [4.69, 9.17) is 9.47 Å². The maximum atomic E-state index is 5.03. The summed E-state index contributed by atoms with van der Waals surface area (Å²) in [6.45, 7) is 2.63. The van der Waals surface area contributed by atoms with Crippen molar-refractivity contribution in [3.8, 4) is 0 Å². The molecule has 0 aliphatic carbocycles. The zero-order valence-corrected chi connectivity index (χ0v) is 10.7. The summed E-state index contributed by atoms with van der Waals surface area (Å²) in [5.74, 6) is 0.724. The lowest BCUT2D eigenvalue weighted by atomic mass is 10.6. The lowest BCUT2D eigenvalue weighted by Crippen LogP contribution is -2.18. The van der Waals surface area contributed by atoms with Crippen LogP contribution >= 0.6 is 11.3 Å². The van der Waals surface area contributed by atoms with E-state index in [1.165, 1.54) is 11.3 Å². The fourth-order valence-corrected chi connectivity index (χ4v) is 2.18. The number of fused-ring (bicyclic) bond motifs is 1. The van der Waals surface area contributed by atoms with Crippen LogP contribution in [0.15, 0.2) is 0 Å². The Labute approximate surface area is 103 Å². The monoisotopic (exact) mass is 257 g/mol. The van der Waals surface area contributed by atoms with Crippen molar-refractivity contribution in [1.82, 2.24) is 25.1 Å². The zero-order chi connectivity index (χ0) is 12.1. The maximum absolute atomic E-state index is 5.03. The number of hydrogen-bond acceptors (Lipinski definition) is 7. The number of aromatic nitrogens is 4. The summed E-state index contributed by atoms with van der Waals surface area (Å²) in [7, 11) is 3.31. The van der Waals surface area contributed by atoms with Crippen LogP contribution in [0.3, 0.4) is 0 Å². The molecule has 0 aromatic carbocycles. The lowest BCUT2D eigenvalue weighted by molar-refractivity contribution is 0.176. The summed E-state index contributed by atoms with van der Waals surface area (Å²) in [5.41, 5.74) is 0. The molecule has 0 atom stereocenters. The van der Waals surface area contributed by atoms with Gasteiger partial charge in [0.2, 0.25) is 4.96 Å². The Kier molecular flexibility index (Phi) is 4.37. The Bertz CT molecular complexity index is 469. The van der Waals surface area contributed by atoms with Gasteiger partial charge in [-0.25, -0.2) is 0 Å². The van der Waals surface area contributed by atoms with Crippen molar-refractivity contribution >= 4 is 16.3 Å². The average molecular weight is 257 g/mol. The molecule has 7 nitrogen and oxygen atoms in total. The number of methoxy groups -OCH3 is 2. The van der Waals surface area contributed by atoms with Crippen molar-refractivity contribution < 1.29 is 9.47 Å². The van der Waals surface area contributed by atoms with Crippen LogP contribution in [0.5, 0.6) is 0 Å². The first-order valence-corrected chi connectivity index (χ1v) is 6.05. The number of ether oxygens (including phenoxy) is 2. The van der Waals surface area contributed by atoms with E-state index in [0.717, 1.165) is 22.3 Å². The van der Waals surface area contributed by atoms with Crippen LogP contribution in [-0.2, 0) is 22.6 Å². The van der Waals surface area contributed by atoms with Gasteiger partial charge in [-0.3, -0.25) is 0 Å². The summed E-state index contributed by atoms with van der Waals surface area (Å²) in [6, 6.07) is 0. The van der Waals surface area contributed by atoms with Crippen LogP contribution in [0.2, 0.25) is 0 Å². The maximum Gasteiger partial charge on any atom is 0.234 e. The van der Waals surface area contributed by atoms with E-state index < -0.39 is 0 Å². The number of nitrogens with zero attached hydrogens (tertiary/aromatic N) is 4. The topological polar surface area (TPSA) is 73.6 Å². The molecule has 1 N–H and O–H groups in total. The molecule has 0 aliphatic heterocycles. The van der Waals surface area contributed by atoms with Crippen molar-refractivity contribution in [3.05, 3.63) is 10.8 Å². The molecule has 0 saturated heterocycles. The first kappa shape index (κ1) is 12.4. The van der Waals surface area contributed by atoms with Crippen LogP contribution in [0, 0.1) is 0 Å². The predicted octanol–water partition coefficient (Wildman–Crippen LogP) is 0.0682. The molecular weight excluding hydrogens is 242 g/mol. The molecule has 2 aromatic heterocycles. The fraction of sp³-hybridized carbons (Fsp3) is 0.667. The third-order valence-corrected chi connectivity index (χ3v) is 3.03. The highest BCUT2D eigenvalue weighted by atomic mass is 32.1. The standard InChI is InChI=1S/C9H15N5O2S/c1-15-4-3-10-5-8-13-14-7(6-16-2)11-12-9(14)17-8/h10H,3-6H2,1-2H3. The minimum Gasteiger partial charge on any atom is -0.383 e. The smallest absolute Gasteiger partial charge is 0.234 e. The van der Waals surface area contributed by atoms with Gasteiger partial charge in [0.15, 0.2) is 5.82 Å². The molecule has 2 aromatic rings. The second-order valence-corrected chi connectivity index (χ2v) is 4.45. The lowest BCUT2D eigenvalue weighted by Gasteiger charge is -1.99. The Balaban J connectivity index is 1.99. The van der Waals surface area contributed by atoms with Gasteiger partial charge in [-0.2, -0.15) is 9.61 Å². The van der Waals surface area contributed by atoms with E-state index in [1.807, 2.05) is 0 Å². The molecule has 0 aliphatic rings. The van der Waals surface area contributed by atoms with E-state index in [1.54, 1.807) is 18.7 Å². The minimum atomic E-state index is 0.418. The second-order valence-electron chi connectivity index (χ2n) is 3.41. The minimum absolute atomic E-state index is 0.418. The van der Waals surface area contributed by atoms with E-state index >= 15 is 0 Å². The van der Waals surface area contributed by atoms with Gasteiger partial charge in [0.25, 0.3) is 0 Å². The van der Waals surface area contributed by atoms with Crippen molar-refractivity contribution in [2.24, 2.45) is 0 Å². The summed E-state index contributed by atoms with van der Waals surface area (Å²) < 4.78 is 11.7. The van der Waals surface area contributed by atoms with E-state index in [9.17, 15) is 0 Å². The van der Waals surface area contributed by atoms with Crippen molar-refractivity contribution in [3.63, 3.8) is 0 Å². The molecule has 0 radical (unpaired) electrons. The van der Waals surface area contributed by atoms with Gasteiger partial charge in [0, 0.05) is 27.3 Å². The molecule has 0 spiro atoms. The summed E-state index contributed by atoms with van der Waals surface area (Å²) in [5, 5.41) is 16.7. The highest BCUT2D eigenvalue weighted by Crippen LogP contribution is 2.13. The number of nitrogens with one attached hydrogen (secondary N) is 1. The third-order valence-electron chi connectivity index (χ3n) is 2.13. The first-order chi connectivity index (χ1) is 8.35. The molecule has 0 bridgehead atoms. The van der Waals surface area contributed by atoms with Gasteiger partial charge in [-0.15, -0.1) is 10.2 Å². The highest BCUT2D eigenvalue weighted by Gasteiger charge is 2.10. The molecule has 0 fully saturated rings. The normalized spacial score (nSPS) is 11.4. The van der Waals surface area contributed by atoms with E-state index in [-0.39, 0.29) is 0 Å². The Morgan fingerprint density at radius 2 is 2.18 bits per heavy atom. The van der Waals surface area contributed by atoms with Gasteiger partial charge in [-0.1, -0.05) is 11.3 Å². The zero-order valence-electron chi connectivity index (χ0n) is 9.84. The largest absolute Gasteiger partial charge is 0.383 e. The van der Waals surface area contributed by atoms with E-state index in [2.05, 4.69) is 20.6 Å². The first-order valence-electron chi connectivity index (χ1n) is 5.23. The van der Waals surface area contributed by atoms with Gasteiger partial charge in [-0.05, 0) is 0 Å². The SMILES string of the molecule is COCCNCc1nn2c(COC)nnc2s1. The Morgan fingerprint density at radius 3 is 2.94 bits per heavy atom. The Hall–Kier alpha value is -1.09. The Morgan fingerprint density at radius 1 is 1.29 bits per heavy atom. The quantitative estimate of drug-likeness (QED) is 0.708.